The number of thiophene rings is 1. The third-order valence-corrected chi connectivity index (χ3v) is 4.48. The van der Waals surface area contributed by atoms with Crippen LogP contribution in [-0.2, 0) is 6.42 Å². The van der Waals surface area contributed by atoms with Crippen molar-refractivity contribution in [3.8, 4) is 0 Å². The summed E-state index contributed by atoms with van der Waals surface area (Å²) < 4.78 is 1.29. The van der Waals surface area contributed by atoms with Gasteiger partial charge in [-0.15, -0.1) is 11.3 Å². The van der Waals surface area contributed by atoms with Gasteiger partial charge in [-0.05, 0) is 46.0 Å². The first-order valence-electron chi connectivity index (χ1n) is 6.45. The number of nitrogens with two attached hydrogens (primary N) is 1. The second-order valence-electron chi connectivity index (χ2n) is 4.59. The van der Waals surface area contributed by atoms with E-state index in [9.17, 15) is 0 Å². The first-order valence-corrected chi connectivity index (χ1v) is 7.33. The van der Waals surface area contributed by atoms with Crippen LogP contribution in [0.5, 0.6) is 0 Å². The molecule has 0 aliphatic heterocycles. The quantitative estimate of drug-likeness (QED) is 0.782. The van der Waals surface area contributed by atoms with Gasteiger partial charge in [0.05, 0.1) is 6.04 Å². The number of rotatable bonds is 3. The highest BCUT2D eigenvalue weighted by molar-refractivity contribution is 7.17. The number of aromatic nitrogens is 1. The molecule has 3 rings (SSSR count). The minimum absolute atomic E-state index is 0.0831. The Balaban J connectivity index is 2.13. The van der Waals surface area contributed by atoms with E-state index in [2.05, 4.69) is 41.6 Å². The van der Waals surface area contributed by atoms with E-state index >= 15 is 0 Å². The monoisotopic (exact) mass is 268 g/mol. The van der Waals surface area contributed by atoms with Crippen LogP contribution in [-0.4, -0.2) is 4.98 Å². The van der Waals surface area contributed by atoms with E-state index in [1.807, 2.05) is 18.5 Å². The molecule has 96 valence electrons. The Kier molecular flexibility index (Phi) is 3.32. The molecule has 3 heteroatoms. The van der Waals surface area contributed by atoms with Crippen LogP contribution in [0.15, 0.2) is 48.1 Å². The standard InChI is InChI=1S/C16H16N2S/c1-2-11-10-18-8-6-13(11)15(17)14-5-3-4-12-7-9-19-16(12)14/h3-10,15H,2,17H2,1H3. The summed E-state index contributed by atoms with van der Waals surface area (Å²) in [7, 11) is 0. The summed E-state index contributed by atoms with van der Waals surface area (Å²) in [5.74, 6) is 0. The van der Waals surface area contributed by atoms with E-state index in [0.717, 1.165) is 6.42 Å². The SMILES string of the molecule is CCc1cnccc1C(N)c1cccc2ccsc12. The van der Waals surface area contributed by atoms with Crippen molar-refractivity contribution in [1.29, 1.82) is 0 Å². The van der Waals surface area contributed by atoms with E-state index in [0.29, 0.717) is 0 Å². The van der Waals surface area contributed by atoms with Gasteiger partial charge in [0, 0.05) is 17.1 Å². The lowest BCUT2D eigenvalue weighted by molar-refractivity contribution is 0.852. The number of pyridine rings is 1. The maximum Gasteiger partial charge on any atom is 0.0569 e. The number of benzene rings is 1. The van der Waals surface area contributed by atoms with Gasteiger partial charge >= 0.3 is 0 Å². The lowest BCUT2D eigenvalue weighted by atomic mass is 9.95. The molecule has 0 spiro atoms. The molecule has 0 bridgehead atoms. The Labute approximate surface area is 116 Å². The molecule has 1 atom stereocenters. The van der Waals surface area contributed by atoms with Crippen molar-refractivity contribution in [2.75, 3.05) is 0 Å². The van der Waals surface area contributed by atoms with Crippen molar-refractivity contribution < 1.29 is 0 Å². The number of hydrogen-bond acceptors (Lipinski definition) is 3. The van der Waals surface area contributed by atoms with Crippen LogP contribution in [0, 0.1) is 0 Å². The highest BCUT2D eigenvalue weighted by Gasteiger charge is 2.15. The van der Waals surface area contributed by atoms with E-state index in [4.69, 9.17) is 5.73 Å². The lowest BCUT2D eigenvalue weighted by Crippen LogP contribution is -2.14. The van der Waals surface area contributed by atoms with Gasteiger partial charge in [0.2, 0.25) is 0 Å². The van der Waals surface area contributed by atoms with Gasteiger partial charge in [0.25, 0.3) is 0 Å². The predicted octanol–water partition coefficient (Wildman–Crippen LogP) is 3.91. The van der Waals surface area contributed by atoms with Crippen molar-refractivity contribution in [3.63, 3.8) is 0 Å². The molecule has 0 aliphatic carbocycles. The van der Waals surface area contributed by atoms with Crippen LogP contribution in [0.3, 0.4) is 0 Å². The largest absolute Gasteiger partial charge is 0.320 e. The molecule has 0 saturated heterocycles. The van der Waals surface area contributed by atoms with Crippen LogP contribution in [0.4, 0.5) is 0 Å². The van der Waals surface area contributed by atoms with Crippen LogP contribution in [0.25, 0.3) is 10.1 Å². The molecular weight excluding hydrogens is 252 g/mol. The normalized spacial score (nSPS) is 12.7. The Morgan fingerprint density at radius 2 is 2.11 bits per heavy atom. The van der Waals surface area contributed by atoms with Crippen molar-refractivity contribution in [1.82, 2.24) is 4.98 Å². The van der Waals surface area contributed by atoms with E-state index in [-0.39, 0.29) is 6.04 Å². The Hall–Kier alpha value is -1.71. The summed E-state index contributed by atoms with van der Waals surface area (Å²) in [5.41, 5.74) is 10.1. The van der Waals surface area contributed by atoms with Crippen molar-refractivity contribution in [2.45, 2.75) is 19.4 Å². The summed E-state index contributed by atoms with van der Waals surface area (Å²) in [4.78, 5) is 4.19. The van der Waals surface area contributed by atoms with Gasteiger partial charge in [0.15, 0.2) is 0 Å². The zero-order valence-electron chi connectivity index (χ0n) is 10.8. The number of fused-ring (bicyclic) bond motifs is 1. The van der Waals surface area contributed by atoms with E-state index in [1.165, 1.54) is 26.8 Å². The fourth-order valence-electron chi connectivity index (χ4n) is 2.47. The molecule has 2 aromatic heterocycles. The maximum atomic E-state index is 6.50. The average molecular weight is 268 g/mol. The fraction of sp³-hybridized carbons (Fsp3) is 0.188. The van der Waals surface area contributed by atoms with Crippen LogP contribution < -0.4 is 5.73 Å². The summed E-state index contributed by atoms with van der Waals surface area (Å²) in [6, 6.07) is 10.4. The zero-order chi connectivity index (χ0) is 13.2. The van der Waals surface area contributed by atoms with Crippen molar-refractivity contribution >= 4 is 21.4 Å². The van der Waals surface area contributed by atoms with Gasteiger partial charge < -0.3 is 5.73 Å². The second kappa shape index (κ2) is 5.11. The maximum absolute atomic E-state index is 6.50. The summed E-state index contributed by atoms with van der Waals surface area (Å²) in [6.45, 7) is 2.14. The molecule has 0 aliphatic rings. The molecule has 0 amide bonds. The fourth-order valence-corrected chi connectivity index (χ4v) is 3.42. The zero-order valence-corrected chi connectivity index (χ0v) is 11.7. The van der Waals surface area contributed by atoms with Crippen LogP contribution in [0.1, 0.15) is 29.7 Å². The molecule has 2 nitrogen and oxygen atoms in total. The van der Waals surface area contributed by atoms with Crippen molar-refractivity contribution in [2.24, 2.45) is 5.73 Å². The van der Waals surface area contributed by atoms with Crippen LogP contribution >= 0.6 is 11.3 Å². The molecule has 0 radical (unpaired) electrons. The van der Waals surface area contributed by atoms with E-state index in [1.54, 1.807) is 11.3 Å². The molecule has 2 N–H and O–H groups in total. The first kappa shape index (κ1) is 12.3. The third kappa shape index (κ3) is 2.15. The number of aryl methyl sites for hydroxylation is 1. The highest BCUT2D eigenvalue weighted by Crippen LogP contribution is 2.32. The van der Waals surface area contributed by atoms with Crippen molar-refractivity contribution in [3.05, 3.63) is 64.8 Å². The topological polar surface area (TPSA) is 38.9 Å². The Morgan fingerprint density at radius 1 is 1.21 bits per heavy atom. The molecule has 1 unspecified atom stereocenters. The van der Waals surface area contributed by atoms with Gasteiger partial charge in [-0.2, -0.15) is 0 Å². The third-order valence-electron chi connectivity index (χ3n) is 3.50. The van der Waals surface area contributed by atoms with E-state index < -0.39 is 0 Å². The van der Waals surface area contributed by atoms with Crippen LogP contribution in [0.2, 0.25) is 0 Å². The second-order valence-corrected chi connectivity index (χ2v) is 5.51. The molecule has 2 heterocycles. The smallest absolute Gasteiger partial charge is 0.0569 e. The minimum Gasteiger partial charge on any atom is -0.320 e. The number of nitrogens with zero attached hydrogens (tertiary/aromatic N) is 1. The molecule has 0 fully saturated rings. The highest BCUT2D eigenvalue weighted by atomic mass is 32.1. The first-order chi connectivity index (χ1) is 9.31. The van der Waals surface area contributed by atoms with Gasteiger partial charge in [0.1, 0.15) is 0 Å². The summed E-state index contributed by atoms with van der Waals surface area (Å²) in [6.07, 6.45) is 4.70. The molecular formula is C16H16N2S. The predicted molar refractivity (Wildman–Crippen MR) is 81.5 cm³/mol. The van der Waals surface area contributed by atoms with Gasteiger partial charge in [-0.25, -0.2) is 0 Å². The Bertz CT molecular complexity index is 703. The van der Waals surface area contributed by atoms with Gasteiger partial charge in [-0.1, -0.05) is 25.1 Å². The average Bonchev–Trinajstić information content (AvgIpc) is 2.94. The number of hydrogen-bond donors (Lipinski definition) is 1. The molecule has 1 aromatic carbocycles. The van der Waals surface area contributed by atoms with Gasteiger partial charge in [-0.3, -0.25) is 4.98 Å². The molecule has 3 aromatic rings. The lowest BCUT2D eigenvalue weighted by Gasteiger charge is -2.16. The molecule has 19 heavy (non-hydrogen) atoms. The summed E-state index contributed by atoms with van der Waals surface area (Å²) in [5, 5.41) is 3.39. The summed E-state index contributed by atoms with van der Waals surface area (Å²) >= 11 is 1.75. The molecule has 0 saturated carbocycles. The Morgan fingerprint density at radius 3 is 2.95 bits per heavy atom. The minimum atomic E-state index is -0.0831.